The van der Waals surface area contributed by atoms with Crippen molar-refractivity contribution < 1.29 is 14.7 Å². The number of nitrogens with one attached hydrogen (secondary N) is 1. The molecule has 0 atom stereocenters. The van der Waals surface area contributed by atoms with E-state index in [4.69, 9.17) is 5.11 Å². The van der Waals surface area contributed by atoms with Gasteiger partial charge in [0.2, 0.25) is 5.91 Å². The number of carboxylic acids is 1. The summed E-state index contributed by atoms with van der Waals surface area (Å²) in [5.74, 6) is -0.851. The number of anilines is 1. The van der Waals surface area contributed by atoms with E-state index in [9.17, 15) is 9.59 Å². The van der Waals surface area contributed by atoms with Gasteiger partial charge in [-0.15, -0.1) is 0 Å². The van der Waals surface area contributed by atoms with Crippen LogP contribution in [0.1, 0.15) is 41.7 Å². The summed E-state index contributed by atoms with van der Waals surface area (Å²) in [6.45, 7) is 3.80. The van der Waals surface area contributed by atoms with E-state index in [0.29, 0.717) is 23.7 Å². The maximum atomic E-state index is 12.0. The Balaban J connectivity index is 1.83. The maximum Gasteiger partial charge on any atom is 0.340 e. The average Bonchev–Trinajstić information content (AvgIpc) is 2.81. The van der Waals surface area contributed by atoms with Gasteiger partial charge in [-0.25, -0.2) is 4.79 Å². The van der Waals surface area contributed by atoms with Gasteiger partial charge in [0.15, 0.2) is 0 Å². The van der Waals surface area contributed by atoms with Crippen LogP contribution >= 0.6 is 11.5 Å². The van der Waals surface area contributed by atoms with Gasteiger partial charge in [-0.3, -0.25) is 4.79 Å². The van der Waals surface area contributed by atoms with Gasteiger partial charge in [-0.2, -0.15) is 4.37 Å². The van der Waals surface area contributed by atoms with Crippen LogP contribution in [0.4, 0.5) is 5.00 Å². The summed E-state index contributed by atoms with van der Waals surface area (Å²) in [5.41, 5.74) is 0.716. The van der Waals surface area contributed by atoms with Gasteiger partial charge in [0.1, 0.15) is 10.6 Å². The number of nitrogens with zero attached hydrogens (tertiary/aromatic N) is 2. The molecular formula is C13H19N3O3S. The first-order valence-corrected chi connectivity index (χ1v) is 7.58. The third kappa shape index (κ3) is 3.47. The number of aryl methyl sites for hydroxylation is 1. The summed E-state index contributed by atoms with van der Waals surface area (Å²) in [5, 5.41) is 12.6. The number of aromatic nitrogens is 1. The summed E-state index contributed by atoms with van der Waals surface area (Å²) >= 11 is 1.12. The first-order valence-electron chi connectivity index (χ1n) is 6.81. The summed E-state index contributed by atoms with van der Waals surface area (Å²) in [7, 11) is 0. The van der Waals surface area contributed by atoms with Crippen molar-refractivity contribution in [2.45, 2.75) is 32.6 Å². The lowest BCUT2D eigenvalue weighted by Gasteiger charge is -2.26. The highest BCUT2D eigenvalue weighted by Crippen LogP contribution is 2.24. The van der Waals surface area contributed by atoms with Gasteiger partial charge in [0, 0.05) is 26.1 Å². The molecule has 0 bridgehead atoms. The molecule has 2 rings (SSSR count). The zero-order chi connectivity index (χ0) is 14.5. The standard InChI is InChI=1S/C13H19N3O3S/c1-9-11(13(18)19)12(20-15-9)14-6-5-10(17)16-7-3-2-4-8-16/h14H,2-8H2,1H3,(H,18,19). The summed E-state index contributed by atoms with van der Waals surface area (Å²) < 4.78 is 4.03. The molecule has 0 unspecified atom stereocenters. The van der Waals surface area contributed by atoms with E-state index in [-0.39, 0.29) is 11.5 Å². The van der Waals surface area contributed by atoms with Crippen LogP contribution in [0.3, 0.4) is 0 Å². The number of hydrogen-bond acceptors (Lipinski definition) is 5. The molecule has 1 saturated heterocycles. The van der Waals surface area contributed by atoms with E-state index in [1.807, 2.05) is 4.90 Å². The normalized spacial score (nSPS) is 15.2. The van der Waals surface area contributed by atoms with Crippen LogP contribution in [0.15, 0.2) is 0 Å². The molecule has 2 N–H and O–H groups in total. The molecule has 0 radical (unpaired) electrons. The third-order valence-electron chi connectivity index (χ3n) is 3.41. The number of aromatic carboxylic acids is 1. The predicted octanol–water partition coefficient (Wildman–Crippen LogP) is 1.96. The van der Waals surface area contributed by atoms with E-state index in [1.165, 1.54) is 6.42 Å². The lowest BCUT2D eigenvalue weighted by Crippen LogP contribution is -2.36. The van der Waals surface area contributed by atoms with Crippen LogP contribution in [-0.2, 0) is 4.79 Å². The smallest absolute Gasteiger partial charge is 0.340 e. The van der Waals surface area contributed by atoms with Crippen LogP contribution in [-0.4, -0.2) is 45.9 Å². The first-order chi connectivity index (χ1) is 9.59. The van der Waals surface area contributed by atoms with E-state index in [0.717, 1.165) is 37.5 Å². The first kappa shape index (κ1) is 14.8. The average molecular weight is 297 g/mol. The predicted molar refractivity (Wildman–Crippen MR) is 77.3 cm³/mol. The van der Waals surface area contributed by atoms with E-state index in [2.05, 4.69) is 9.69 Å². The minimum atomic E-state index is -0.985. The number of carbonyl (C=O) groups excluding carboxylic acids is 1. The van der Waals surface area contributed by atoms with Crippen molar-refractivity contribution in [3.63, 3.8) is 0 Å². The summed E-state index contributed by atoms with van der Waals surface area (Å²) in [6.07, 6.45) is 3.74. The molecule has 6 nitrogen and oxygen atoms in total. The lowest BCUT2D eigenvalue weighted by atomic mass is 10.1. The van der Waals surface area contributed by atoms with Crippen LogP contribution in [0, 0.1) is 6.92 Å². The third-order valence-corrected chi connectivity index (χ3v) is 4.31. The van der Waals surface area contributed by atoms with Crippen molar-refractivity contribution in [1.82, 2.24) is 9.27 Å². The van der Waals surface area contributed by atoms with Crippen LogP contribution in [0.2, 0.25) is 0 Å². The second-order valence-electron chi connectivity index (χ2n) is 4.90. The quantitative estimate of drug-likeness (QED) is 0.868. The fraction of sp³-hybridized carbons (Fsp3) is 0.615. The Bertz CT molecular complexity index is 495. The van der Waals surface area contributed by atoms with Gasteiger partial charge in [-0.05, 0) is 37.7 Å². The number of carboxylic acid groups (broad SMARTS) is 1. The Labute approximate surface area is 122 Å². The number of likely N-dealkylation sites (tertiary alicyclic amines) is 1. The van der Waals surface area contributed by atoms with Crippen LogP contribution < -0.4 is 5.32 Å². The van der Waals surface area contributed by atoms with Crippen molar-refractivity contribution in [3.05, 3.63) is 11.3 Å². The summed E-state index contributed by atoms with van der Waals surface area (Å²) in [6, 6.07) is 0. The molecule has 1 aromatic rings. The molecule has 1 aliphatic heterocycles. The highest BCUT2D eigenvalue weighted by Gasteiger charge is 2.19. The number of rotatable bonds is 5. The molecule has 1 fully saturated rings. The van der Waals surface area contributed by atoms with Crippen molar-refractivity contribution in [1.29, 1.82) is 0 Å². The van der Waals surface area contributed by atoms with Crippen molar-refractivity contribution >= 4 is 28.4 Å². The Morgan fingerprint density at radius 2 is 2.05 bits per heavy atom. The zero-order valence-corrected chi connectivity index (χ0v) is 12.3. The molecule has 1 aromatic heterocycles. The Hall–Kier alpha value is -1.63. The monoisotopic (exact) mass is 297 g/mol. The molecule has 0 aliphatic carbocycles. The number of hydrogen-bond donors (Lipinski definition) is 2. The molecule has 1 amide bonds. The Morgan fingerprint density at radius 3 is 2.70 bits per heavy atom. The minimum Gasteiger partial charge on any atom is -0.478 e. The molecule has 20 heavy (non-hydrogen) atoms. The minimum absolute atomic E-state index is 0.135. The molecule has 1 aliphatic rings. The largest absolute Gasteiger partial charge is 0.478 e. The number of amides is 1. The van der Waals surface area contributed by atoms with Gasteiger partial charge in [-0.1, -0.05) is 0 Å². The van der Waals surface area contributed by atoms with Crippen LogP contribution in [0.25, 0.3) is 0 Å². The topological polar surface area (TPSA) is 82.5 Å². The van der Waals surface area contributed by atoms with E-state index in [1.54, 1.807) is 6.92 Å². The van der Waals surface area contributed by atoms with Gasteiger partial charge >= 0.3 is 5.97 Å². The molecule has 0 saturated carbocycles. The maximum absolute atomic E-state index is 12.0. The Kier molecular flexibility index (Phi) is 4.94. The van der Waals surface area contributed by atoms with Crippen molar-refractivity contribution in [2.75, 3.05) is 25.0 Å². The Morgan fingerprint density at radius 1 is 1.35 bits per heavy atom. The van der Waals surface area contributed by atoms with Crippen molar-refractivity contribution in [2.24, 2.45) is 0 Å². The molecule has 7 heteroatoms. The van der Waals surface area contributed by atoms with Crippen molar-refractivity contribution in [3.8, 4) is 0 Å². The highest BCUT2D eigenvalue weighted by molar-refractivity contribution is 7.10. The van der Waals surface area contributed by atoms with E-state index < -0.39 is 5.97 Å². The molecule has 0 aromatic carbocycles. The van der Waals surface area contributed by atoms with Gasteiger partial charge in [0.05, 0.1) is 5.69 Å². The molecule has 110 valence electrons. The second-order valence-corrected chi connectivity index (χ2v) is 5.67. The van der Waals surface area contributed by atoms with E-state index >= 15 is 0 Å². The van der Waals surface area contributed by atoms with Gasteiger partial charge < -0.3 is 15.3 Å². The molecule has 0 spiro atoms. The number of piperidine rings is 1. The summed E-state index contributed by atoms with van der Waals surface area (Å²) in [4.78, 5) is 25.0. The molecule has 2 heterocycles. The fourth-order valence-electron chi connectivity index (χ4n) is 2.33. The number of carbonyl (C=O) groups is 2. The highest BCUT2D eigenvalue weighted by atomic mass is 32.1. The SMILES string of the molecule is Cc1nsc(NCCC(=O)N2CCCCC2)c1C(=O)O. The van der Waals surface area contributed by atoms with Crippen LogP contribution in [0.5, 0.6) is 0 Å². The fourth-order valence-corrected chi connectivity index (χ4v) is 3.14. The lowest BCUT2D eigenvalue weighted by molar-refractivity contribution is -0.131. The zero-order valence-electron chi connectivity index (χ0n) is 11.5. The second kappa shape index (κ2) is 6.69. The molecular weight excluding hydrogens is 278 g/mol. The van der Waals surface area contributed by atoms with Gasteiger partial charge in [0.25, 0.3) is 0 Å².